The lowest BCUT2D eigenvalue weighted by Gasteiger charge is -2.14. The van der Waals surface area contributed by atoms with Crippen molar-refractivity contribution >= 4 is 10.0 Å². The monoisotopic (exact) mass is 384 g/mol. The van der Waals surface area contributed by atoms with E-state index in [1.807, 2.05) is 6.07 Å². The first-order valence-corrected chi connectivity index (χ1v) is 9.78. The van der Waals surface area contributed by atoms with Crippen molar-refractivity contribution in [1.29, 1.82) is 0 Å². The number of pyridine rings is 1. The Bertz CT molecular complexity index is 924. The van der Waals surface area contributed by atoms with E-state index in [-0.39, 0.29) is 11.7 Å². The van der Waals surface area contributed by atoms with Crippen LogP contribution in [0, 0.1) is 0 Å². The zero-order valence-corrected chi connectivity index (χ0v) is 15.2. The first kappa shape index (κ1) is 18.8. The smallest absolute Gasteiger partial charge is 0.243 e. The minimum Gasteiger partial charge on any atom is -0.243 e. The van der Waals surface area contributed by atoms with Gasteiger partial charge in [-0.3, -0.25) is 0 Å². The normalized spacial score (nSPS) is 17.5. The molecule has 1 atom stereocenters. The lowest BCUT2D eigenvalue weighted by atomic mass is 10.0. The number of sulfonamides is 1. The average Bonchev–Trinajstić information content (AvgIpc) is 2.94. The minimum absolute atomic E-state index is 0.234. The van der Waals surface area contributed by atoms with Crippen molar-refractivity contribution in [2.45, 2.75) is 44.2 Å². The van der Waals surface area contributed by atoms with E-state index in [4.69, 9.17) is 0 Å². The second kappa shape index (κ2) is 6.66. The van der Waals surface area contributed by atoms with Crippen molar-refractivity contribution in [3.05, 3.63) is 53.2 Å². The highest BCUT2D eigenvalue weighted by molar-refractivity contribution is 7.90. The summed E-state index contributed by atoms with van der Waals surface area (Å²) < 4.78 is 65.3. The first-order valence-electron chi connectivity index (χ1n) is 8.24. The lowest BCUT2D eigenvalue weighted by molar-refractivity contribution is -0.141. The Kier molecular flexibility index (Phi) is 4.83. The van der Waals surface area contributed by atoms with Crippen molar-refractivity contribution in [3.63, 3.8) is 0 Å². The van der Waals surface area contributed by atoms with Gasteiger partial charge in [0.05, 0.1) is 10.9 Å². The third-order valence-electron chi connectivity index (χ3n) is 4.43. The van der Waals surface area contributed by atoms with Crippen LogP contribution in [0.2, 0.25) is 0 Å². The van der Waals surface area contributed by atoms with Crippen LogP contribution in [0.25, 0.3) is 11.3 Å². The van der Waals surface area contributed by atoms with Crippen LogP contribution in [0.4, 0.5) is 13.2 Å². The van der Waals surface area contributed by atoms with Gasteiger partial charge in [-0.25, -0.2) is 18.1 Å². The van der Waals surface area contributed by atoms with Crippen molar-refractivity contribution in [1.82, 2.24) is 9.71 Å². The Morgan fingerprint density at radius 2 is 1.81 bits per heavy atom. The summed E-state index contributed by atoms with van der Waals surface area (Å²) in [5.41, 5.74) is 1.82. The number of hydrogen-bond acceptors (Lipinski definition) is 3. The fraction of sp³-hybridized carbons (Fsp3) is 0.389. The molecule has 1 heterocycles. The van der Waals surface area contributed by atoms with Gasteiger partial charge in [0, 0.05) is 11.6 Å². The number of rotatable bonds is 4. The van der Waals surface area contributed by atoms with Gasteiger partial charge in [-0.1, -0.05) is 18.2 Å². The van der Waals surface area contributed by atoms with Crippen LogP contribution in [0.5, 0.6) is 0 Å². The predicted molar refractivity (Wildman–Crippen MR) is 93.1 cm³/mol. The molecule has 0 unspecified atom stereocenters. The summed E-state index contributed by atoms with van der Waals surface area (Å²) in [6.45, 7) is 3.23. The van der Waals surface area contributed by atoms with Crippen molar-refractivity contribution in [2.75, 3.05) is 0 Å². The van der Waals surface area contributed by atoms with Gasteiger partial charge in [-0.15, -0.1) is 0 Å². The van der Waals surface area contributed by atoms with Crippen LogP contribution in [-0.4, -0.2) is 24.7 Å². The summed E-state index contributed by atoms with van der Waals surface area (Å²) in [6, 6.07) is 8.91. The van der Waals surface area contributed by atoms with E-state index in [0.717, 1.165) is 17.2 Å². The van der Waals surface area contributed by atoms with Crippen molar-refractivity contribution < 1.29 is 21.6 Å². The standard InChI is InChI=1S/C18H19F3N2O2S/c1-11(2)26(24,25)23-15-9-12-6-7-13(8-14(12)10-15)16-4-3-5-17(22-16)18(19,20)21/h3-8,11,15,23H,9-10H2,1-2H3/t15-/m0/s1. The molecular formula is C18H19F3N2O2S. The quantitative estimate of drug-likeness (QED) is 0.877. The van der Waals surface area contributed by atoms with Gasteiger partial charge < -0.3 is 0 Å². The largest absolute Gasteiger partial charge is 0.433 e. The molecule has 3 rings (SSSR count). The molecule has 1 aliphatic carbocycles. The third-order valence-corrected chi connectivity index (χ3v) is 6.33. The summed E-state index contributed by atoms with van der Waals surface area (Å²) in [7, 11) is -3.37. The highest BCUT2D eigenvalue weighted by Crippen LogP contribution is 2.31. The molecule has 0 amide bonds. The van der Waals surface area contributed by atoms with E-state index in [1.165, 1.54) is 12.1 Å². The van der Waals surface area contributed by atoms with Crippen LogP contribution in [-0.2, 0) is 29.0 Å². The number of fused-ring (bicyclic) bond motifs is 1. The molecule has 0 saturated heterocycles. The van der Waals surface area contributed by atoms with E-state index in [9.17, 15) is 21.6 Å². The average molecular weight is 384 g/mol. The Morgan fingerprint density at radius 1 is 1.12 bits per heavy atom. The van der Waals surface area contributed by atoms with Gasteiger partial charge in [0.25, 0.3) is 0 Å². The number of nitrogens with one attached hydrogen (secondary N) is 1. The number of benzene rings is 1. The molecule has 1 aliphatic rings. The molecule has 0 saturated carbocycles. The summed E-state index contributed by atoms with van der Waals surface area (Å²) in [4.78, 5) is 3.70. The van der Waals surface area contributed by atoms with Gasteiger partial charge in [0.2, 0.25) is 10.0 Å². The van der Waals surface area contributed by atoms with E-state index < -0.39 is 27.1 Å². The molecule has 0 bridgehead atoms. The van der Waals surface area contributed by atoms with Gasteiger partial charge in [0.1, 0.15) is 5.69 Å². The maximum absolute atomic E-state index is 12.8. The predicted octanol–water partition coefficient (Wildman–Crippen LogP) is 3.56. The van der Waals surface area contributed by atoms with Gasteiger partial charge in [0.15, 0.2) is 0 Å². The second-order valence-corrected chi connectivity index (χ2v) is 8.97. The summed E-state index contributed by atoms with van der Waals surface area (Å²) in [6.07, 6.45) is -3.42. The van der Waals surface area contributed by atoms with E-state index in [1.54, 1.807) is 26.0 Å². The minimum atomic E-state index is -4.49. The molecule has 26 heavy (non-hydrogen) atoms. The lowest BCUT2D eigenvalue weighted by Crippen LogP contribution is -2.39. The van der Waals surface area contributed by atoms with Gasteiger partial charge in [-0.2, -0.15) is 13.2 Å². The van der Waals surface area contributed by atoms with Crippen LogP contribution in [0.3, 0.4) is 0 Å². The molecule has 2 aromatic rings. The van der Waals surface area contributed by atoms with Gasteiger partial charge in [-0.05, 0) is 56.0 Å². The zero-order valence-electron chi connectivity index (χ0n) is 14.3. The Morgan fingerprint density at radius 3 is 2.46 bits per heavy atom. The van der Waals surface area contributed by atoms with Crippen LogP contribution in [0.1, 0.15) is 30.7 Å². The highest BCUT2D eigenvalue weighted by atomic mass is 32.2. The molecule has 8 heteroatoms. The molecule has 0 aliphatic heterocycles. The number of nitrogens with zero attached hydrogens (tertiary/aromatic N) is 1. The summed E-state index contributed by atoms with van der Waals surface area (Å²) in [5.74, 6) is 0. The van der Waals surface area contributed by atoms with Crippen molar-refractivity contribution in [2.24, 2.45) is 0 Å². The Balaban J connectivity index is 1.84. The fourth-order valence-electron chi connectivity index (χ4n) is 2.98. The van der Waals surface area contributed by atoms with Gasteiger partial charge >= 0.3 is 6.18 Å². The maximum atomic E-state index is 12.8. The number of halogens is 3. The molecule has 0 fully saturated rings. The fourth-order valence-corrected chi connectivity index (χ4v) is 3.89. The van der Waals surface area contributed by atoms with Crippen LogP contribution in [0.15, 0.2) is 36.4 Å². The molecule has 0 spiro atoms. The molecule has 1 aromatic carbocycles. The number of alkyl halides is 3. The summed E-state index contributed by atoms with van der Waals surface area (Å²) >= 11 is 0. The topological polar surface area (TPSA) is 59.1 Å². The SMILES string of the molecule is CC(C)S(=O)(=O)N[C@H]1Cc2ccc(-c3cccc(C(F)(F)F)n3)cc2C1. The second-order valence-electron chi connectivity index (χ2n) is 6.71. The summed E-state index contributed by atoms with van der Waals surface area (Å²) in [5, 5.41) is -0.518. The molecule has 1 N–H and O–H groups in total. The zero-order chi connectivity index (χ0) is 19.1. The molecule has 1 aromatic heterocycles. The molecule has 0 radical (unpaired) electrons. The van der Waals surface area contributed by atoms with Crippen LogP contribution < -0.4 is 4.72 Å². The highest BCUT2D eigenvalue weighted by Gasteiger charge is 2.32. The molecular weight excluding hydrogens is 365 g/mol. The Hall–Kier alpha value is -1.93. The number of aromatic nitrogens is 1. The number of hydrogen-bond donors (Lipinski definition) is 1. The maximum Gasteiger partial charge on any atom is 0.433 e. The van der Waals surface area contributed by atoms with E-state index >= 15 is 0 Å². The van der Waals surface area contributed by atoms with E-state index in [2.05, 4.69) is 9.71 Å². The molecule has 140 valence electrons. The Labute approximate surface area is 150 Å². The van der Waals surface area contributed by atoms with Crippen LogP contribution >= 0.6 is 0 Å². The first-order chi connectivity index (χ1) is 12.1. The molecule has 4 nitrogen and oxygen atoms in total. The third kappa shape index (κ3) is 3.91. The van der Waals surface area contributed by atoms with E-state index in [0.29, 0.717) is 18.4 Å². The van der Waals surface area contributed by atoms with Crippen molar-refractivity contribution in [3.8, 4) is 11.3 Å².